The van der Waals surface area contributed by atoms with Crippen molar-refractivity contribution in [2.45, 2.75) is 0 Å². The molecular weight excluding hydrogens is 286 g/mol. The zero-order valence-electron chi connectivity index (χ0n) is 12.4. The van der Waals surface area contributed by atoms with E-state index in [2.05, 4.69) is 27.6 Å². The van der Waals surface area contributed by atoms with Gasteiger partial charge in [-0.05, 0) is 28.8 Å². The SMILES string of the molecule is O=C(N/N=C\c1ccc(-c2ccccc2)cc1)c1ccccn1. The average Bonchev–Trinajstić information content (AvgIpc) is 2.64. The van der Waals surface area contributed by atoms with Crippen molar-refractivity contribution < 1.29 is 4.79 Å². The summed E-state index contributed by atoms with van der Waals surface area (Å²) in [6.45, 7) is 0. The normalized spacial score (nSPS) is 10.6. The van der Waals surface area contributed by atoms with Crippen LogP contribution in [0, 0.1) is 0 Å². The minimum Gasteiger partial charge on any atom is -0.266 e. The van der Waals surface area contributed by atoms with Gasteiger partial charge in [0.05, 0.1) is 6.21 Å². The molecule has 0 aliphatic heterocycles. The molecule has 0 bridgehead atoms. The van der Waals surface area contributed by atoms with Crippen molar-refractivity contribution in [3.63, 3.8) is 0 Å². The van der Waals surface area contributed by atoms with Gasteiger partial charge in [-0.1, -0.05) is 60.7 Å². The topological polar surface area (TPSA) is 54.4 Å². The Balaban J connectivity index is 1.63. The van der Waals surface area contributed by atoms with Crippen LogP contribution in [0.1, 0.15) is 16.1 Å². The Morgan fingerprint density at radius 2 is 1.57 bits per heavy atom. The van der Waals surface area contributed by atoms with Gasteiger partial charge in [0.2, 0.25) is 0 Å². The van der Waals surface area contributed by atoms with Gasteiger partial charge < -0.3 is 0 Å². The Kier molecular flexibility index (Phi) is 4.55. The van der Waals surface area contributed by atoms with Crippen LogP contribution >= 0.6 is 0 Å². The van der Waals surface area contributed by atoms with E-state index in [0.717, 1.165) is 11.1 Å². The second-order valence-electron chi connectivity index (χ2n) is 4.90. The van der Waals surface area contributed by atoms with Gasteiger partial charge in [-0.15, -0.1) is 0 Å². The van der Waals surface area contributed by atoms with Crippen LogP contribution in [-0.4, -0.2) is 17.1 Å². The number of hydrogen-bond acceptors (Lipinski definition) is 3. The van der Waals surface area contributed by atoms with Crippen molar-refractivity contribution in [2.24, 2.45) is 5.10 Å². The fraction of sp³-hybridized carbons (Fsp3) is 0. The van der Waals surface area contributed by atoms with Crippen molar-refractivity contribution >= 4 is 12.1 Å². The number of nitrogens with one attached hydrogen (secondary N) is 1. The molecule has 2 aromatic carbocycles. The molecule has 4 nitrogen and oxygen atoms in total. The standard InChI is InChI=1S/C19H15N3O/c23-19(18-8-4-5-13-20-18)22-21-14-15-9-11-17(12-10-15)16-6-2-1-3-7-16/h1-14H,(H,22,23)/b21-14-. The molecule has 0 unspecified atom stereocenters. The lowest BCUT2D eigenvalue weighted by Gasteiger charge is -2.02. The quantitative estimate of drug-likeness (QED) is 0.592. The number of carbonyl (C=O) groups is 1. The van der Waals surface area contributed by atoms with Crippen molar-refractivity contribution in [1.82, 2.24) is 10.4 Å². The largest absolute Gasteiger partial charge is 0.289 e. The molecule has 0 radical (unpaired) electrons. The van der Waals surface area contributed by atoms with E-state index in [-0.39, 0.29) is 5.91 Å². The smallest absolute Gasteiger partial charge is 0.266 e. The van der Waals surface area contributed by atoms with Crippen LogP contribution in [0.25, 0.3) is 11.1 Å². The van der Waals surface area contributed by atoms with E-state index in [9.17, 15) is 4.79 Å². The lowest BCUT2D eigenvalue weighted by Crippen LogP contribution is -2.18. The molecule has 4 heteroatoms. The molecule has 0 aliphatic rings. The number of pyridine rings is 1. The number of nitrogens with zero attached hydrogens (tertiary/aromatic N) is 2. The summed E-state index contributed by atoms with van der Waals surface area (Å²) >= 11 is 0. The molecule has 1 amide bonds. The van der Waals surface area contributed by atoms with Crippen LogP contribution in [0.4, 0.5) is 0 Å². The van der Waals surface area contributed by atoms with E-state index < -0.39 is 0 Å². The number of aromatic nitrogens is 1. The zero-order valence-corrected chi connectivity index (χ0v) is 12.4. The molecular formula is C19H15N3O. The van der Waals surface area contributed by atoms with Crippen molar-refractivity contribution in [2.75, 3.05) is 0 Å². The second-order valence-corrected chi connectivity index (χ2v) is 4.90. The molecule has 3 aromatic rings. The van der Waals surface area contributed by atoms with E-state index in [1.807, 2.05) is 42.5 Å². The fourth-order valence-corrected chi connectivity index (χ4v) is 2.11. The number of hydrogen-bond donors (Lipinski definition) is 1. The Labute approximate surface area is 134 Å². The van der Waals surface area contributed by atoms with Crippen molar-refractivity contribution in [3.8, 4) is 11.1 Å². The first-order valence-corrected chi connectivity index (χ1v) is 7.23. The highest BCUT2D eigenvalue weighted by atomic mass is 16.2. The molecule has 1 N–H and O–H groups in total. The van der Waals surface area contributed by atoms with Gasteiger partial charge in [0.1, 0.15) is 5.69 Å². The summed E-state index contributed by atoms with van der Waals surface area (Å²) in [7, 11) is 0. The molecule has 0 spiro atoms. The first kappa shape index (κ1) is 14.7. The maximum Gasteiger partial charge on any atom is 0.289 e. The number of carbonyl (C=O) groups excluding carboxylic acids is 1. The number of benzene rings is 2. The first-order chi connectivity index (χ1) is 11.3. The zero-order chi connectivity index (χ0) is 15.9. The van der Waals surface area contributed by atoms with Gasteiger partial charge in [-0.3, -0.25) is 9.78 Å². The molecule has 1 heterocycles. The van der Waals surface area contributed by atoms with E-state index in [4.69, 9.17) is 0 Å². The Hall–Kier alpha value is -3.27. The van der Waals surface area contributed by atoms with E-state index in [1.165, 1.54) is 5.56 Å². The Morgan fingerprint density at radius 1 is 0.870 bits per heavy atom. The third kappa shape index (κ3) is 3.89. The van der Waals surface area contributed by atoms with Gasteiger partial charge in [0.25, 0.3) is 5.91 Å². The maximum absolute atomic E-state index is 11.8. The number of amides is 1. The lowest BCUT2D eigenvalue weighted by atomic mass is 10.0. The highest BCUT2D eigenvalue weighted by Crippen LogP contribution is 2.18. The third-order valence-electron chi connectivity index (χ3n) is 3.30. The molecule has 0 fully saturated rings. The van der Waals surface area contributed by atoms with Gasteiger partial charge >= 0.3 is 0 Å². The molecule has 3 rings (SSSR count). The second kappa shape index (κ2) is 7.13. The molecule has 0 saturated carbocycles. The molecule has 0 aliphatic carbocycles. The predicted molar refractivity (Wildman–Crippen MR) is 91.2 cm³/mol. The molecule has 1 aromatic heterocycles. The van der Waals surface area contributed by atoms with E-state index >= 15 is 0 Å². The summed E-state index contributed by atoms with van der Waals surface area (Å²) in [5, 5.41) is 3.96. The van der Waals surface area contributed by atoms with Crippen LogP contribution in [-0.2, 0) is 0 Å². The molecule has 112 valence electrons. The molecule has 23 heavy (non-hydrogen) atoms. The van der Waals surface area contributed by atoms with Crippen LogP contribution in [0.15, 0.2) is 84.1 Å². The minimum absolute atomic E-state index is 0.331. The number of rotatable bonds is 4. The van der Waals surface area contributed by atoms with Gasteiger partial charge in [0, 0.05) is 6.20 Å². The van der Waals surface area contributed by atoms with Crippen molar-refractivity contribution in [1.29, 1.82) is 0 Å². The van der Waals surface area contributed by atoms with Crippen LogP contribution < -0.4 is 5.43 Å². The van der Waals surface area contributed by atoms with Crippen LogP contribution in [0.3, 0.4) is 0 Å². The summed E-state index contributed by atoms with van der Waals surface area (Å²) in [6, 6.07) is 23.3. The summed E-state index contributed by atoms with van der Waals surface area (Å²) < 4.78 is 0. The van der Waals surface area contributed by atoms with E-state index in [0.29, 0.717) is 5.69 Å². The van der Waals surface area contributed by atoms with Crippen LogP contribution in [0.2, 0.25) is 0 Å². The van der Waals surface area contributed by atoms with Crippen LogP contribution in [0.5, 0.6) is 0 Å². The van der Waals surface area contributed by atoms with Gasteiger partial charge in [0.15, 0.2) is 0 Å². The predicted octanol–water partition coefficient (Wildman–Crippen LogP) is 3.51. The van der Waals surface area contributed by atoms with E-state index in [1.54, 1.807) is 30.6 Å². The Bertz CT molecular complexity index is 797. The third-order valence-corrected chi connectivity index (χ3v) is 3.30. The minimum atomic E-state index is -0.331. The van der Waals surface area contributed by atoms with Gasteiger partial charge in [-0.2, -0.15) is 5.10 Å². The number of hydrazone groups is 1. The summed E-state index contributed by atoms with van der Waals surface area (Å²) in [5.41, 5.74) is 6.01. The molecule has 0 atom stereocenters. The monoisotopic (exact) mass is 301 g/mol. The fourth-order valence-electron chi connectivity index (χ4n) is 2.11. The molecule has 0 saturated heterocycles. The summed E-state index contributed by atoms with van der Waals surface area (Å²) in [5.74, 6) is -0.331. The van der Waals surface area contributed by atoms with Crippen molar-refractivity contribution in [3.05, 3.63) is 90.3 Å². The van der Waals surface area contributed by atoms with Gasteiger partial charge in [-0.25, -0.2) is 5.43 Å². The highest BCUT2D eigenvalue weighted by Gasteiger charge is 2.03. The average molecular weight is 301 g/mol. The Morgan fingerprint density at radius 3 is 2.26 bits per heavy atom. The summed E-state index contributed by atoms with van der Waals surface area (Å²) in [6.07, 6.45) is 3.18. The highest BCUT2D eigenvalue weighted by molar-refractivity contribution is 5.93. The first-order valence-electron chi connectivity index (χ1n) is 7.23. The summed E-state index contributed by atoms with van der Waals surface area (Å²) in [4.78, 5) is 15.8. The lowest BCUT2D eigenvalue weighted by molar-refractivity contribution is 0.0950. The maximum atomic E-state index is 11.8.